The lowest BCUT2D eigenvalue weighted by Gasteiger charge is -2.10. The minimum atomic E-state index is -0.147. The molecule has 2 aliphatic rings. The van der Waals surface area contributed by atoms with Gasteiger partial charge in [-0.3, -0.25) is 4.79 Å². The molecular formula is C26H20O5. The van der Waals surface area contributed by atoms with E-state index in [1.165, 1.54) is 0 Å². The molecule has 2 aliphatic heterocycles. The molecule has 2 heterocycles. The topological polar surface area (TPSA) is 54.0 Å². The maximum Gasteiger partial charge on any atom is 0.231 e. The van der Waals surface area contributed by atoms with Crippen LogP contribution in [0.4, 0.5) is 0 Å². The van der Waals surface area contributed by atoms with Gasteiger partial charge in [0, 0.05) is 5.56 Å². The van der Waals surface area contributed by atoms with Crippen LogP contribution in [-0.4, -0.2) is 19.2 Å². The summed E-state index contributed by atoms with van der Waals surface area (Å²) in [5.41, 5.74) is 3.26. The first-order valence-corrected chi connectivity index (χ1v) is 10.0. The summed E-state index contributed by atoms with van der Waals surface area (Å²) in [6.45, 7) is 2.52. The Hall–Kier alpha value is -3.99. The van der Waals surface area contributed by atoms with Gasteiger partial charge in [-0.05, 0) is 54.5 Å². The Bertz CT molecular complexity index is 1210. The Morgan fingerprint density at radius 1 is 0.968 bits per heavy atom. The van der Waals surface area contributed by atoms with Crippen molar-refractivity contribution in [3.63, 3.8) is 0 Å². The van der Waals surface area contributed by atoms with Crippen molar-refractivity contribution in [2.75, 3.05) is 13.4 Å². The van der Waals surface area contributed by atoms with Gasteiger partial charge in [0.1, 0.15) is 18.1 Å². The Kier molecular flexibility index (Phi) is 4.92. The molecule has 0 fully saturated rings. The number of ketones is 1. The predicted molar refractivity (Wildman–Crippen MR) is 118 cm³/mol. The number of fused-ring (bicyclic) bond motifs is 2. The third-order valence-corrected chi connectivity index (χ3v) is 5.18. The first-order valence-electron chi connectivity index (χ1n) is 10.0. The Morgan fingerprint density at radius 2 is 1.81 bits per heavy atom. The summed E-state index contributed by atoms with van der Waals surface area (Å²) in [5.74, 6) is 2.72. The normalized spacial score (nSPS) is 15.4. The summed E-state index contributed by atoms with van der Waals surface area (Å²) in [4.78, 5) is 12.8. The number of Topliss-reactive ketones (excluding diaryl/α,β-unsaturated/α-hetero) is 1. The van der Waals surface area contributed by atoms with Gasteiger partial charge in [0.2, 0.25) is 12.6 Å². The van der Waals surface area contributed by atoms with Gasteiger partial charge in [0.05, 0.1) is 5.56 Å². The monoisotopic (exact) mass is 412 g/mol. The summed E-state index contributed by atoms with van der Waals surface area (Å²) in [7, 11) is 0. The van der Waals surface area contributed by atoms with Crippen molar-refractivity contribution in [2.45, 2.75) is 6.92 Å². The highest BCUT2D eigenvalue weighted by molar-refractivity contribution is 6.15. The number of carbonyl (C=O) groups is 1. The van der Waals surface area contributed by atoms with Crippen LogP contribution in [0.3, 0.4) is 0 Å². The lowest BCUT2D eigenvalue weighted by molar-refractivity contribution is 0.101. The average Bonchev–Trinajstić information content (AvgIpc) is 3.38. The molecule has 0 unspecified atom stereocenters. The predicted octanol–water partition coefficient (Wildman–Crippen LogP) is 5.43. The number of rotatable bonds is 5. The molecule has 0 atom stereocenters. The molecule has 0 aliphatic carbocycles. The summed E-state index contributed by atoms with van der Waals surface area (Å²) in [6.07, 6.45) is 5.68. The first-order chi connectivity index (χ1) is 15.2. The van der Waals surface area contributed by atoms with Crippen LogP contribution in [0.25, 0.3) is 12.2 Å². The molecule has 0 saturated carbocycles. The standard InChI is InChI=1S/C26H20O5/c1-17-21(28-13-5-8-18-6-3-2-4-7-18)12-10-20-25(27)24(31-26(17)20)15-19-9-11-22-23(14-19)30-16-29-22/h2-12,14-15H,13,16H2,1H3/b8-5+,24-15-. The van der Waals surface area contributed by atoms with E-state index in [2.05, 4.69) is 0 Å². The van der Waals surface area contributed by atoms with Crippen LogP contribution in [-0.2, 0) is 0 Å². The van der Waals surface area contributed by atoms with Crippen molar-refractivity contribution >= 4 is 17.9 Å². The fourth-order valence-corrected chi connectivity index (χ4v) is 3.56. The van der Waals surface area contributed by atoms with Gasteiger partial charge in [0.25, 0.3) is 0 Å². The van der Waals surface area contributed by atoms with Crippen LogP contribution in [0.15, 0.2) is 72.5 Å². The van der Waals surface area contributed by atoms with Crippen LogP contribution >= 0.6 is 0 Å². The molecule has 0 bridgehead atoms. The van der Waals surface area contributed by atoms with E-state index in [1.54, 1.807) is 12.1 Å². The molecule has 3 aromatic carbocycles. The molecule has 5 rings (SSSR count). The fraction of sp³-hybridized carbons (Fsp3) is 0.115. The number of hydrogen-bond acceptors (Lipinski definition) is 5. The van der Waals surface area contributed by atoms with Gasteiger partial charge in [-0.2, -0.15) is 0 Å². The quantitative estimate of drug-likeness (QED) is 0.523. The first kappa shape index (κ1) is 19.0. The van der Waals surface area contributed by atoms with Gasteiger partial charge in [-0.25, -0.2) is 0 Å². The average molecular weight is 412 g/mol. The van der Waals surface area contributed by atoms with E-state index in [-0.39, 0.29) is 18.3 Å². The Balaban J connectivity index is 1.32. The number of benzene rings is 3. The zero-order chi connectivity index (χ0) is 21.2. The largest absolute Gasteiger partial charge is 0.489 e. The zero-order valence-corrected chi connectivity index (χ0v) is 17.0. The molecule has 0 N–H and O–H groups in total. The second kappa shape index (κ2) is 8.03. The SMILES string of the molecule is Cc1c(OC/C=C/c2ccccc2)ccc2c1O/C(=C\c1ccc3c(c1)OCO3)C2=O. The lowest BCUT2D eigenvalue weighted by atomic mass is 10.1. The number of hydrogen-bond donors (Lipinski definition) is 0. The molecule has 31 heavy (non-hydrogen) atoms. The van der Waals surface area contributed by atoms with E-state index in [0.29, 0.717) is 35.2 Å². The maximum atomic E-state index is 12.8. The van der Waals surface area contributed by atoms with Gasteiger partial charge in [0.15, 0.2) is 17.3 Å². The number of ether oxygens (including phenoxy) is 4. The molecule has 0 amide bonds. The fourth-order valence-electron chi connectivity index (χ4n) is 3.56. The summed E-state index contributed by atoms with van der Waals surface area (Å²) in [6, 6.07) is 19.1. The molecule has 0 saturated heterocycles. The maximum absolute atomic E-state index is 12.8. The third-order valence-electron chi connectivity index (χ3n) is 5.18. The third kappa shape index (κ3) is 3.78. The van der Waals surface area contributed by atoms with Gasteiger partial charge >= 0.3 is 0 Å². The van der Waals surface area contributed by atoms with Crippen LogP contribution in [0, 0.1) is 6.92 Å². The van der Waals surface area contributed by atoms with E-state index in [1.807, 2.05) is 73.7 Å². The highest BCUT2D eigenvalue weighted by Crippen LogP contribution is 2.40. The molecule has 0 aromatic heterocycles. The molecule has 5 nitrogen and oxygen atoms in total. The summed E-state index contributed by atoms with van der Waals surface area (Å²) < 4.78 is 22.6. The van der Waals surface area contributed by atoms with Gasteiger partial charge in [-0.1, -0.05) is 42.5 Å². The van der Waals surface area contributed by atoms with Crippen molar-refractivity contribution in [3.05, 3.63) is 94.8 Å². The second-order valence-electron chi connectivity index (χ2n) is 7.24. The van der Waals surface area contributed by atoms with Crippen LogP contribution in [0.2, 0.25) is 0 Å². The molecule has 154 valence electrons. The minimum absolute atomic E-state index is 0.147. The van der Waals surface area contributed by atoms with E-state index >= 15 is 0 Å². The zero-order valence-electron chi connectivity index (χ0n) is 17.0. The molecule has 0 spiro atoms. The molecule has 5 heteroatoms. The summed E-state index contributed by atoms with van der Waals surface area (Å²) in [5, 5.41) is 0. The van der Waals surface area contributed by atoms with Gasteiger partial charge in [-0.15, -0.1) is 0 Å². The van der Waals surface area contributed by atoms with E-state index in [9.17, 15) is 4.79 Å². The highest BCUT2D eigenvalue weighted by atomic mass is 16.7. The van der Waals surface area contributed by atoms with Crippen molar-refractivity contribution in [1.82, 2.24) is 0 Å². The van der Waals surface area contributed by atoms with E-state index < -0.39 is 0 Å². The second-order valence-corrected chi connectivity index (χ2v) is 7.24. The summed E-state index contributed by atoms with van der Waals surface area (Å²) >= 11 is 0. The number of carbonyl (C=O) groups excluding carboxylic acids is 1. The van der Waals surface area contributed by atoms with Crippen LogP contribution in [0.5, 0.6) is 23.0 Å². The van der Waals surface area contributed by atoms with Crippen LogP contribution < -0.4 is 18.9 Å². The minimum Gasteiger partial charge on any atom is -0.489 e. The van der Waals surface area contributed by atoms with Crippen LogP contribution in [0.1, 0.15) is 27.0 Å². The van der Waals surface area contributed by atoms with E-state index in [0.717, 1.165) is 16.7 Å². The van der Waals surface area contributed by atoms with E-state index in [4.69, 9.17) is 18.9 Å². The van der Waals surface area contributed by atoms with Gasteiger partial charge < -0.3 is 18.9 Å². The van der Waals surface area contributed by atoms with Crippen molar-refractivity contribution in [2.24, 2.45) is 0 Å². The van der Waals surface area contributed by atoms with Crippen molar-refractivity contribution in [3.8, 4) is 23.0 Å². The smallest absolute Gasteiger partial charge is 0.231 e. The lowest BCUT2D eigenvalue weighted by Crippen LogP contribution is -1.98. The van der Waals surface area contributed by atoms with Crippen molar-refractivity contribution in [1.29, 1.82) is 0 Å². The molecule has 3 aromatic rings. The highest BCUT2D eigenvalue weighted by Gasteiger charge is 2.30. The Morgan fingerprint density at radius 3 is 2.68 bits per heavy atom. The molecular weight excluding hydrogens is 392 g/mol. The molecule has 0 radical (unpaired) electrons. The number of allylic oxidation sites excluding steroid dienone is 1. The van der Waals surface area contributed by atoms with Crippen molar-refractivity contribution < 1.29 is 23.7 Å². The Labute approximate surface area is 180 Å².